The maximum Gasteiger partial charge on any atom is 0.345 e. The second-order valence-corrected chi connectivity index (χ2v) is 2.13. The van der Waals surface area contributed by atoms with Gasteiger partial charge in [0.05, 0.1) is 7.11 Å². The molecule has 1 N–H and O–H groups in total. The first-order chi connectivity index (χ1) is 4.96. The van der Waals surface area contributed by atoms with Crippen LogP contribution in [0.1, 0.15) is 6.92 Å². The van der Waals surface area contributed by atoms with Crippen LogP contribution in [0.4, 0.5) is 0 Å². The molecule has 0 aliphatic heterocycles. The smallest absolute Gasteiger partial charge is 0.345 e. The summed E-state index contributed by atoms with van der Waals surface area (Å²) in [5.74, 6) is -1.76. The van der Waals surface area contributed by atoms with E-state index >= 15 is 0 Å². The highest BCUT2D eigenvalue weighted by Gasteiger charge is 2.37. The standard InChI is InChI=1S/C7H10O4/c1-4-5(8)7(2,10)6(9)11-3/h4,10H,1H2,2-3H3. The van der Waals surface area contributed by atoms with E-state index in [9.17, 15) is 9.59 Å². The second kappa shape index (κ2) is 3.30. The van der Waals surface area contributed by atoms with Crippen molar-refractivity contribution >= 4 is 11.8 Å². The van der Waals surface area contributed by atoms with Gasteiger partial charge in [-0.05, 0) is 13.0 Å². The van der Waals surface area contributed by atoms with Crippen molar-refractivity contribution in [2.75, 3.05) is 7.11 Å². The van der Waals surface area contributed by atoms with E-state index in [0.717, 1.165) is 20.1 Å². The molecule has 4 heteroatoms. The number of carbonyl (C=O) groups is 2. The van der Waals surface area contributed by atoms with E-state index in [2.05, 4.69) is 11.3 Å². The Kier molecular flexibility index (Phi) is 2.95. The summed E-state index contributed by atoms with van der Waals surface area (Å²) < 4.78 is 4.18. The van der Waals surface area contributed by atoms with Gasteiger partial charge < -0.3 is 9.84 Å². The highest BCUT2D eigenvalue weighted by Crippen LogP contribution is 2.07. The molecule has 0 aliphatic rings. The van der Waals surface area contributed by atoms with E-state index in [4.69, 9.17) is 5.11 Å². The molecule has 1 unspecified atom stereocenters. The van der Waals surface area contributed by atoms with Crippen LogP contribution in [0.25, 0.3) is 0 Å². The molecule has 0 aromatic heterocycles. The summed E-state index contributed by atoms with van der Waals surface area (Å²) in [4.78, 5) is 21.5. The minimum atomic E-state index is -2.10. The van der Waals surface area contributed by atoms with Crippen LogP contribution in [0.3, 0.4) is 0 Å². The molecule has 11 heavy (non-hydrogen) atoms. The number of aliphatic hydroxyl groups is 1. The zero-order valence-electron chi connectivity index (χ0n) is 6.46. The Balaban J connectivity index is 4.57. The second-order valence-electron chi connectivity index (χ2n) is 2.13. The molecule has 0 heterocycles. The maximum absolute atomic E-state index is 10.8. The third-order valence-corrected chi connectivity index (χ3v) is 1.25. The molecule has 0 aliphatic carbocycles. The molecule has 0 rings (SSSR count). The van der Waals surface area contributed by atoms with Gasteiger partial charge in [-0.3, -0.25) is 4.79 Å². The van der Waals surface area contributed by atoms with E-state index in [-0.39, 0.29) is 0 Å². The van der Waals surface area contributed by atoms with Crippen molar-refractivity contribution in [1.82, 2.24) is 0 Å². The number of rotatable bonds is 3. The van der Waals surface area contributed by atoms with Gasteiger partial charge in [-0.15, -0.1) is 0 Å². The Morgan fingerprint density at radius 3 is 2.36 bits per heavy atom. The summed E-state index contributed by atoms with van der Waals surface area (Å²) >= 11 is 0. The summed E-state index contributed by atoms with van der Waals surface area (Å²) in [6, 6.07) is 0. The maximum atomic E-state index is 10.8. The molecule has 0 spiro atoms. The average molecular weight is 158 g/mol. The summed E-state index contributed by atoms with van der Waals surface area (Å²) in [5, 5.41) is 9.16. The zero-order valence-corrected chi connectivity index (χ0v) is 6.46. The Bertz CT molecular complexity index is 193. The van der Waals surface area contributed by atoms with Gasteiger partial charge in [-0.1, -0.05) is 6.58 Å². The van der Waals surface area contributed by atoms with Crippen molar-refractivity contribution in [2.45, 2.75) is 12.5 Å². The fourth-order valence-corrected chi connectivity index (χ4v) is 0.498. The predicted octanol–water partition coefficient (Wildman–Crippen LogP) is -0.335. The van der Waals surface area contributed by atoms with Crippen LogP contribution >= 0.6 is 0 Å². The molecule has 0 radical (unpaired) electrons. The normalized spacial score (nSPS) is 14.8. The third-order valence-electron chi connectivity index (χ3n) is 1.25. The van der Waals surface area contributed by atoms with Crippen LogP contribution in [-0.2, 0) is 14.3 Å². The third kappa shape index (κ3) is 1.88. The fourth-order valence-electron chi connectivity index (χ4n) is 0.498. The van der Waals surface area contributed by atoms with Crippen LogP contribution in [0.5, 0.6) is 0 Å². The number of esters is 1. The average Bonchev–Trinajstić information content (AvgIpc) is 2.01. The molecule has 0 fully saturated rings. The van der Waals surface area contributed by atoms with Gasteiger partial charge in [0.25, 0.3) is 0 Å². The van der Waals surface area contributed by atoms with Crippen molar-refractivity contribution in [3.63, 3.8) is 0 Å². The molecule has 0 saturated heterocycles. The van der Waals surface area contributed by atoms with Gasteiger partial charge >= 0.3 is 5.97 Å². The molecule has 0 amide bonds. The van der Waals surface area contributed by atoms with E-state index in [1.54, 1.807) is 0 Å². The minimum Gasteiger partial charge on any atom is -0.467 e. The quantitative estimate of drug-likeness (QED) is 0.347. The lowest BCUT2D eigenvalue weighted by Crippen LogP contribution is -2.43. The molecule has 62 valence electrons. The van der Waals surface area contributed by atoms with Crippen molar-refractivity contribution in [2.24, 2.45) is 0 Å². The number of hydrogen-bond donors (Lipinski definition) is 1. The van der Waals surface area contributed by atoms with Crippen LogP contribution in [0, 0.1) is 0 Å². The summed E-state index contributed by atoms with van der Waals surface area (Å²) in [6.07, 6.45) is 0.872. The highest BCUT2D eigenvalue weighted by atomic mass is 16.5. The summed E-state index contributed by atoms with van der Waals surface area (Å²) in [5.41, 5.74) is -2.10. The molecule has 0 bridgehead atoms. The van der Waals surface area contributed by atoms with Crippen LogP contribution in [0.15, 0.2) is 12.7 Å². The van der Waals surface area contributed by atoms with E-state index < -0.39 is 17.4 Å². The Morgan fingerprint density at radius 2 is 2.09 bits per heavy atom. The van der Waals surface area contributed by atoms with Gasteiger partial charge in [0.1, 0.15) is 0 Å². The number of ketones is 1. The molecular formula is C7H10O4. The first-order valence-electron chi connectivity index (χ1n) is 2.94. The van der Waals surface area contributed by atoms with Crippen molar-refractivity contribution in [3.05, 3.63) is 12.7 Å². The number of methoxy groups -OCH3 is 1. The van der Waals surface area contributed by atoms with E-state index in [1.807, 2.05) is 0 Å². The first kappa shape index (κ1) is 9.84. The zero-order chi connectivity index (χ0) is 9.07. The molecule has 1 atom stereocenters. The number of carbonyl (C=O) groups excluding carboxylic acids is 2. The molecule has 0 aromatic carbocycles. The summed E-state index contributed by atoms with van der Waals surface area (Å²) in [7, 11) is 1.09. The monoisotopic (exact) mass is 158 g/mol. The first-order valence-corrected chi connectivity index (χ1v) is 2.94. The topological polar surface area (TPSA) is 63.6 Å². The molecule has 4 nitrogen and oxygen atoms in total. The van der Waals surface area contributed by atoms with Crippen molar-refractivity contribution < 1.29 is 19.4 Å². The highest BCUT2D eigenvalue weighted by molar-refractivity contribution is 6.11. The molecular weight excluding hydrogens is 148 g/mol. The lowest BCUT2D eigenvalue weighted by Gasteiger charge is -2.15. The SMILES string of the molecule is C=CC(=O)C(C)(O)C(=O)OC. The van der Waals surface area contributed by atoms with Gasteiger partial charge in [-0.2, -0.15) is 0 Å². The number of ether oxygens (including phenoxy) is 1. The van der Waals surface area contributed by atoms with Crippen LogP contribution < -0.4 is 0 Å². The lowest BCUT2D eigenvalue weighted by molar-refractivity contribution is -0.164. The Morgan fingerprint density at radius 1 is 1.64 bits per heavy atom. The molecule has 0 saturated carbocycles. The Hall–Kier alpha value is -1.16. The van der Waals surface area contributed by atoms with E-state index in [1.165, 1.54) is 0 Å². The van der Waals surface area contributed by atoms with Crippen LogP contribution in [-0.4, -0.2) is 29.6 Å². The van der Waals surface area contributed by atoms with Crippen molar-refractivity contribution in [1.29, 1.82) is 0 Å². The summed E-state index contributed by atoms with van der Waals surface area (Å²) in [6.45, 7) is 4.18. The van der Waals surface area contributed by atoms with Gasteiger partial charge in [0.2, 0.25) is 5.60 Å². The minimum absolute atomic E-state index is 0.774. The Labute approximate surface area is 64.5 Å². The lowest BCUT2D eigenvalue weighted by atomic mass is 10.0. The van der Waals surface area contributed by atoms with Gasteiger partial charge in [-0.25, -0.2) is 4.79 Å². The number of hydrogen-bond acceptors (Lipinski definition) is 4. The van der Waals surface area contributed by atoms with Crippen molar-refractivity contribution in [3.8, 4) is 0 Å². The van der Waals surface area contributed by atoms with Crippen LogP contribution in [0.2, 0.25) is 0 Å². The van der Waals surface area contributed by atoms with Gasteiger partial charge in [0, 0.05) is 0 Å². The van der Waals surface area contributed by atoms with E-state index in [0.29, 0.717) is 0 Å². The predicted molar refractivity (Wildman–Crippen MR) is 37.8 cm³/mol. The largest absolute Gasteiger partial charge is 0.467 e. The van der Waals surface area contributed by atoms with Gasteiger partial charge in [0.15, 0.2) is 5.78 Å². The molecule has 0 aromatic rings. The fraction of sp³-hybridized carbons (Fsp3) is 0.429.